The minimum absolute atomic E-state index is 0.469. The summed E-state index contributed by atoms with van der Waals surface area (Å²) in [7, 11) is 0. The summed E-state index contributed by atoms with van der Waals surface area (Å²) in [6.07, 6.45) is 0. The first-order chi connectivity index (χ1) is 29.8. The molecule has 0 aliphatic heterocycles. The van der Waals surface area contributed by atoms with Gasteiger partial charge >= 0.3 is 0 Å². The van der Waals surface area contributed by atoms with Gasteiger partial charge in [0, 0.05) is 16.9 Å². The Morgan fingerprint density at radius 1 is 0.300 bits per heavy atom. The molecule has 60 heavy (non-hydrogen) atoms. The molecule has 1 nitrogen and oxygen atoms in total. The van der Waals surface area contributed by atoms with E-state index in [1.165, 1.54) is 88.7 Å². The van der Waals surface area contributed by atoms with Gasteiger partial charge < -0.3 is 4.90 Å². The first-order valence-electron chi connectivity index (χ1n) is 20.8. The summed E-state index contributed by atoms with van der Waals surface area (Å²) in [6.45, 7) is 0. The van der Waals surface area contributed by atoms with E-state index in [1.807, 2.05) is 0 Å². The van der Waals surface area contributed by atoms with Crippen LogP contribution in [0.4, 0.5) is 17.1 Å². The molecule has 0 bridgehead atoms. The number of hydrogen-bond acceptors (Lipinski definition) is 1. The summed E-state index contributed by atoms with van der Waals surface area (Å²) < 4.78 is 0. The normalized spacial score (nSPS) is 14.4. The molecule has 1 atom stereocenters. The van der Waals surface area contributed by atoms with Crippen LogP contribution < -0.4 is 4.90 Å². The van der Waals surface area contributed by atoms with Crippen LogP contribution in [0, 0.1) is 0 Å². The summed E-state index contributed by atoms with van der Waals surface area (Å²) in [5.74, 6) is 0. The fourth-order valence-electron chi connectivity index (χ4n) is 10.3. The van der Waals surface area contributed by atoms with Crippen LogP contribution in [0.15, 0.2) is 237 Å². The average Bonchev–Trinajstić information content (AvgIpc) is 3.65. The van der Waals surface area contributed by atoms with Gasteiger partial charge in [-0.2, -0.15) is 0 Å². The van der Waals surface area contributed by atoms with Gasteiger partial charge in [-0.15, -0.1) is 0 Å². The van der Waals surface area contributed by atoms with E-state index in [4.69, 9.17) is 0 Å². The van der Waals surface area contributed by atoms with Crippen molar-refractivity contribution < 1.29 is 0 Å². The molecule has 0 saturated carbocycles. The second-order valence-electron chi connectivity index (χ2n) is 16.0. The zero-order valence-electron chi connectivity index (χ0n) is 33.0. The van der Waals surface area contributed by atoms with Crippen molar-refractivity contribution in [3.05, 3.63) is 259 Å². The lowest BCUT2D eigenvalue weighted by Gasteiger charge is -2.40. The molecule has 0 amide bonds. The van der Waals surface area contributed by atoms with Gasteiger partial charge in [-0.05, 0) is 119 Å². The van der Waals surface area contributed by atoms with Crippen LogP contribution in [-0.4, -0.2) is 0 Å². The third kappa shape index (κ3) is 5.13. The Kier molecular flexibility index (Phi) is 7.83. The highest BCUT2D eigenvalue weighted by Gasteiger charge is 2.50. The number of rotatable bonds is 7. The van der Waals surface area contributed by atoms with Crippen molar-refractivity contribution in [2.24, 2.45) is 0 Å². The maximum atomic E-state index is 2.47. The van der Waals surface area contributed by atoms with E-state index in [-0.39, 0.29) is 0 Å². The molecule has 0 heterocycles. The van der Waals surface area contributed by atoms with E-state index < -0.39 is 5.41 Å². The van der Waals surface area contributed by atoms with Crippen molar-refractivity contribution in [2.75, 3.05) is 4.90 Å². The molecule has 1 unspecified atom stereocenters. The van der Waals surface area contributed by atoms with Crippen molar-refractivity contribution in [3.8, 4) is 55.6 Å². The second-order valence-corrected chi connectivity index (χ2v) is 16.0. The summed E-state index contributed by atoms with van der Waals surface area (Å²) in [5.41, 5.74) is 20.5. The molecule has 0 aromatic heterocycles. The summed E-state index contributed by atoms with van der Waals surface area (Å²) >= 11 is 0. The van der Waals surface area contributed by atoms with Crippen molar-refractivity contribution in [3.63, 3.8) is 0 Å². The molecule has 0 radical (unpaired) electrons. The quantitative estimate of drug-likeness (QED) is 0.156. The lowest BCUT2D eigenvalue weighted by atomic mass is 9.62. The van der Waals surface area contributed by atoms with Gasteiger partial charge in [0.25, 0.3) is 0 Å². The molecule has 10 aromatic carbocycles. The molecule has 0 spiro atoms. The summed E-state index contributed by atoms with van der Waals surface area (Å²) in [5, 5.41) is 2.61. The molecular formula is C59H39N. The molecule has 12 rings (SSSR count). The Morgan fingerprint density at radius 3 is 1.60 bits per heavy atom. The first kappa shape index (κ1) is 34.3. The number of fused-ring (bicyclic) bond motifs is 6. The first-order valence-corrected chi connectivity index (χ1v) is 20.8. The van der Waals surface area contributed by atoms with Crippen LogP contribution >= 0.6 is 0 Å². The zero-order chi connectivity index (χ0) is 39.6. The molecule has 1 heteroatoms. The Morgan fingerprint density at radius 2 is 0.867 bits per heavy atom. The Hall–Kier alpha value is -7.74. The van der Waals surface area contributed by atoms with Gasteiger partial charge in [-0.25, -0.2) is 0 Å². The molecular weight excluding hydrogens is 723 g/mol. The monoisotopic (exact) mass is 761 g/mol. The van der Waals surface area contributed by atoms with Crippen molar-refractivity contribution in [1.29, 1.82) is 0 Å². The Labute approximate surface area is 351 Å². The molecule has 0 saturated heterocycles. The third-order valence-corrected chi connectivity index (χ3v) is 12.9. The van der Waals surface area contributed by atoms with Gasteiger partial charge in [-0.1, -0.05) is 200 Å². The van der Waals surface area contributed by atoms with Gasteiger partial charge in [0.1, 0.15) is 0 Å². The van der Waals surface area contributed by atoms with Crippen LogP contribution in [0.5, 0.6) is 0 Å². The number of benzene rings is 10. The molecule has 10 aromatic rings. The van der Waals surface area contributed by atoms with Gasteiger partial charge in [0.05, 0.1) is 11.1 Å². The molecule has 0 fully saturated rings. The number of anilines is 3. The van der Waals surface area contributed by atoms with Crippen LogP contribution in [0.25, 0.3) is 66.4 Å². The largest absolute Gasteiger partial charge is 0.310 e. The second kappa shape index (κ2) is 13.7. The predicted octanol–water partition coefficient (Wildman–Crippen LogP) is 15.7. The highest BCUT2D eigenvalue weighted by atomic mass is 15.1. The molecule has 2 aliphatic rings. The fourth-order valence-corrected chi connectivity index (χ4v) is 10.3. The Bertz CT molecular complexity index is 3230. The van der Waals surface area contributed by atoms with Crippen molar-refractivity contribution in [1.82, 2.24) is 0 Å². The molecule has 2 aliphatic carbocycles. The summed E-state index contributed by atoms with van der Waals surface area (Å²) in [6, 6.07) is 87.3. The number of hydrogen-bond donors (Lipinski definition) is 0. The maximum Gasteiger partial charge on any atom is 0.0725 e. The van der Waals surface area contributed by atoms with Crippen LogP contribution in [0.1, 0.15) is 22.3 Å². The maximum absolute atomic E-state index is 2.47. The van der Waals surface area contributed by atoms with Gasteiger partial charge in [-0.3, -0.25) is 0 Å². The van der Waals surface area contributed by atoms with E-state index in [0.29, 0.717) is 0 Å². The van der Waals surface area contributed by atoms with E-state index in [9.17, 15) is 0 Å². The minimum Gasteiger partial charge on any atom is -0.310 e. The van der Waals surface area contributed by atoms with Crippen LogP contribution in [-0.2, 0) is 5.41 Å². The lowest BCUT2D eigenvalue weighted by Crippen LogP contribution is -2.31. The van der Waals surface area contributed by atoms with E-state index in [0.717, 1.165) is 17.1 Å². The van der Waals surface area contributed by atoms with Crippen LogP contribution in [0.3, 0.4) is 0 Å². The van der Waals surface area contributed by atoms with E-state index >= 15 is 0 Å². The van der Waals surface area contributed by atoms with E-state index in [2.05, 4.69) is 241 Å². The fraction of sp³-hybridized carbons (Fsp3) is 0.0169. The molecule has 0 N–H and O–H groups in total. The highest BCUT2D eigenvalue weighted by molar-refractivity contribution is 6.11. The molecule has 280 valence electrons. The van der Waals surface area contributed by atoms with Crippen molar-refractivity contribution in [2.45, 2.75) is 5.41 Å². The minimum atomic E-state index is -0.469. The topological polar surface area (TPSA) is 3.24 Å². The van der Waals surface area contributed by atoms with E-state index in [1.54, 1.807) is 0 Å². The third-order valence-electron chi connectivity index (χ3n) is 12.9. The summed E-state index contributed by atoms with van der Waals surface area (Å²) in [4.78, 5) is 2.47. The lowest BCUT2D eigenvalue weighted by molar-refractivity contribution is 0.773. The van der Waals surface area contributed by atoms with Crippen molar-refractivity contribution >= 4 is 27.8 Å². The zero-order valence-corrected chi connectivity index (χ0v) is 33.0. The SMILES string of the molecule is c1ccc(-c2ccc(N(c3ccc4c(c3)-c3cccc5ccc6c(c35)C4(c3ccccc3)c3ccccc3-6)c3ccc(-c4ccccc4)cc3-c3ccccc3)cc2)cc1. The highest BCUT2D eigenvalue weighted by Crippen LogP contribution is 2.63. The number of nitrogens with zero attached hydrogens (tertiary/aromatic N) is 1. The Balaban J connectivity index is 1.14. The van der Waals surface area contributed by atoms with Gasteiger partial charge in [0.2, 0.25) is 0 Å². The van der Waals surface area contributed by atoms with Gasteiger partial charge in [0.15, 0.2) is 0 Å². The average molecular weight is 762 g/mol. The standard InChI is InChI=1S/C59H39N/c1-5-16-40(17-6-1)42-28-32-47(33-29-42)60(56-37-31-45(41-18-7-2-8-19-41)38-52(56)43-20-9-3-10-21-43)48-34-36-55-53(39-48)50-26-15-22-44-30-35-51-49-25-13-14-27-54(49)59(55,58(51)57(44)50)46-23-11-4-12-24-46/h1-39H. The van der Waals surface area contributed by atoms with Crippen LogP contribution in [0.2, 0.25) is 0 Å². The predicted molar refractivity (Wildman–Crippen MR) is 251 cm³/mol. The smallest absolute Gasteiger partial charge is 0.0725 e.